The second kappa shape index (κ2) is 4.71. The summed E-state index contributed by atoms with van der Waals surface area (Å²) < 4.78 is 22.4. The van der Waals surface area contributed by atoms with Gasteiger partial charge in [-0.1, -0.05) is 0 Å². The molecule has 2 rings (SSSR count). The van der Waals surface area contributed by atoms with E-state index in [0.717, 1.165) is 25.9 Å². The predicted octanol–water partition coefficient (Wildman–Crippen LogP) is -0.614. The first-order chi connectivity index (χ1) is 7.55. The maximum absolute atomic E-state index is 11.6. The van der Waals surface area contributed by atoms with Crippen LogP contribution in [0.3, 0.4) is 0 Å². The Hall–Kier alpha value is -0.620. The Kier molecular flexibility index (Phi) is 3.49. The summed E-state index contributed by atoms with van der Waals surface area (Å²) in [5.41, 5.74) is 0. The van der Waals surface area contributed by atoms with Crippen molar-refractivity contribution in [3.8, 4) is 0 Å². The molecule has 0 aliphatic carbocycles. The van der Waals surface area contributed by atoms with Crippen LogP contribution in [0.25, 0.3) is 0 Å². The molecular formula is C10H18N2O3S. The quantitative estimate of drug-likeness (QED) is 0.721. The van der Waals surface area contributed by atoms with Gasteiger partial charge in [-0.2, -0.15) is 0 Å². The third-order valence-electron chi connectivity index (χ3n) is 3.16. The molecule has 92 valence electrons. The Morgan fingerprint density at radius 2 is 2.00 bits per heavy atom. The summed E-state index contributed by atoms with van der Waals surface area (Å²) in [6.07, 6.45) is 2.88. The zero-order valence-electron chi connectivity index (χ0n) is 9.31. The molecule has 0 radical (unpaired) electrons. The highest BCUT2D eigenvalue weighted by Crippen LogP contribution is 2.11. The topological polar surface area (TPSA) is 66.5 Å². The lowest BCUT2D eigenvalue weighted by molar-refractivity contribution is -0.122. The van der Waals surface area contributed by atoms with Gasteiger partial charge in [0, 0.05) is 6.04 Å². The Morgan fingerprint density at radius 3 is 2.56 bits per heavy atom. The number of hydrogen-bond donors (Lipinski definition) is 1. The normalized spacial score (nSPS) is 29.4. The Balaban J connectivity index is 1.75. The van der Waals surface area contributed by atoms with Crippen molar-refractivity contribution in [1.82, 2.24) is 10.2 Å². The van der Waals surface area contributed by atoms with Crippen molar-refractivity contribution < 1.29 is 13.2 Å². The van der Waals surface area contributed by atoms with Crippen LogP contribution >= 0.6 is 0 Å². The molecule has 5 nitrogen and oxygen atoms in total. The average Bonchev–Trinajstić information content (AvgIpc) is 2.76. The molecule has 1 unspecified atom stereocenters. The highest BCUT2D eigenvalue weighted by molar-refractivity contribution is 7.91. The molecule has 1 N–H and O–H groups in total. The minimum absolute atomic E-state index is 0.0380. The third-order valence-corrected chi connectivity index (χ3v) is 4.93. The number of carbonyl (C=O) groups excluding carboxylic acids is 1. The minimum Gasteiger partial charge on any atom is -0.351 e. The smallest absolute Gasteiger partial charge is 0.234 e. The van der Waals surface area contributed by atoms with E-state index >= 15 is 0 Å². The number of hydrogen-bond acceptors (Lipinski definition) is 4. The number of carbonyl (C=O) groups is 1. The number of amides is 1. The van der Waals surface area contributed by atoms with Gasteiger partial charge in [-0.25, -0.2) is 8.42 Å². The second-order valence-electron chi connectivity index (χ2n) is 4.65. The second-order valence-corrected chi connectivity index (χ2v) is 6.88. The standard InChI is InChI=1S/C10H18N2O3S/c13-10(7-12-4-1-2-5-12)11-9-3-6-16(14,15)8-9/h9H,1-8H2,(H,11,13). The SMILES string of the molecule is O=C(CN1CCCC1)NC1CCS(=O)(=O)C1. The summed E-state index contributed by atoms with van der Waals surface area (Å²) in [5.74, 6) is 0.282. The van der Waals surface area contributed by atoms with Crippen LogP contribution in [0.2, 0.25) is 0 Å². The van der Waals surface area contributed by atoms with E-state index < -0.39 is 9.84 Å². The Labute approximate surface area is 96.1 Å². The van der Waals surface area contributed by atoms with Crippen molar-refractivity contribution in [1.29, 1.82) is 0 Å². The third kappa shape index (κ3) is 3.18. The Morgan fingerprint density at radius 1 is 1.31 bits per heavy atom. The maximum atomic E-state index is 11.6. The number of sulfone groups is 1. The van der Waals surface area contributed by atoms with Crippen LogP contribution in [0.1, 0.15) is 19.3 Å². The summed E-state index contributed by atoms with van der Waals surface area (Å²) in [7, 11) is -2.90. The fraction of sp³-hybridized carbons (Fsp3) is 0.900. The van der Waals surface area contributed by atoms with Gasteiger partial charge in [0.1, 0.15) is 0 Å². The van der Waals surface area contributed by atoms with Crippen LogP contribution < -0.4 is 5.32 Å². The van der Waals surface area contributed by atoms with E-state index in [1.54, 1.807) is 0 Å². The van der Waals surface area contributed by atoms with Gasteiger partial charge in [-0.3, -0.25) is 9.69 Å². The average molecular weight is 246 g/mol. The van der Waals surface area contributed by atoms with Gasteiger partial charge in [0.05, 0.1) is 18.1 Å². The van der Waals surface area contributed by atoms with E-state index in [-0.39, 0.29) is 23.5 Å². The van der Waals surface area contributed by atoms with E-state index in [0.29, 0.717) is 13.0 Å². The van der Waals surface area contributed by atoms with E-state index in [2.05, 4.69) is 10.2 Å². The molecule has 2 aliphatic heterocycles. The number of rotatable bonds is 3. The monoisotopic (exact) mass is 246 g/mol. The van der Waals surface area contributed by atoms with Crippen LogP contribution in [0, 0.1) is 0 Å². The van der Waals surface area contributed by atoms with Gasteiger partial charge >= 0.3 is 0 Å². The molecule has 0 aromatic carbocycles. The molecule has 0 aromatic heterocycles. The van der Waals surface area contributed by atoms with Crippen molar-refractivity contribution in [3.63, 3.8) is 0 Å². The van der Waals surface area contributed by atoms with Gasteiger partial charge in [0.15, 0.2) is 9.84 Å². The van der Waals surface area contributed by atoms with Gasteiger partial charge < -0.3 is 5.32 Å². The van der Waals surface area contributed by atoms with Gasteiger partial charge in [-0.05, 0) is 32.4 Å². The van der Waals surface area contributed by atoms with Gasteiger partial charge in [0.2, 0.25) is 5.91 Å². The molecule has 2 heterocycles. The van der Waals surface area contributed by atoms with E-state index in [1.165, 1.54) is 0 Å². The van der Waals surface area contributed by atoms with Gasteiger partial charge in [0.25, 0.3) is 0 Å². The van der Waals surface area contributed by atoms with E-state index in [9.17, 15) is 13.2 Å². The van der Waals surface area contributed by atoms with Crippen molar-refractivity contribution in [2.75, 3.05) is 31.1 Å². The molecule has 1 amide bonds. The molecule has 0 spiro atoms. The fourth-order valence-electron chi connectivity index (χ4n) is 2.33. The molecule has 0 bridgehead atoms. The van der Waals surface area contributed by atoms with Crippen LogP contribution in [-0.2, 0) is 14.6 Å². The van der Waals surface area contributed by atoms with Crippen LogP contribution in [-0.4, -0.2) is 56.4 Å². The lowest BCUT2D eigenvalue weighted by Gasteiger charge is -2.16. The summed E-state index contributed by atoms with van der Waals surface area (Å²) in [6.45, 7) is 2.38. The zero-order valence-corrected chi connectivity index (χ0v) is 10.1. The highest BCUT2D eigenvalue weighted by atomic mass is 32.2. The molecule has 0 aromatic rings. The number of nitrogens with zero attached hydrogens (tertiary/aromatic N) is 1. The van der Waals surface area contributed by atoms with Crippen molar-refractivity contribution in [3.05, 3.63) is 0 Å². The fourth-order valence-corrected chi connectivity index (χ4v) is 4.00. The first-order valence-electron chi connectivity index (χ1n) is 5.77. The molecular weight excluding hydrogens is 228 g/mol. The zero-order chi connectivity index (χ0) is 11.6. The van der Waals surface area contributed by atoms with Crippen molar-refractivity contribution in [2.45, 2.75) is 25.3 Å². The summed E-state index contributed by atoms with van der Waals surface area (Å²) >= 11 is 0. The lowest BCUT2D eigenvalue weighted by atomic mass is 10.2. The van der Waals surface area contributed by atoms with Crippen LogP contribution in [0.4, 0.5) is 0 Å². The minimum atomic E-state index is -2.90. The molecule has 0 saturated carbocycles. The summed E-state index contributed by atoms with van der Waals surface area (Å²) in [4.78, 5) is 13.7. The first kappa shape index (κ1) is 11.9. The number of nitrogens with one attached hydrogen (secondary N) is 1. The summed E-state index contributed by atoms with van der Waals surface area (Å²) in [6, 6.07) is -0.167. The predicted molar refractivity (Wildman–Crippen MR) is 60.9 cm³/mol. The maximum Gasteiger partial charge on any atom is 0.234 e. The molecule has 16 heavy (non-hydrogen) atoms. The lowest BCUT2D eigenvalue weighted by Crippen LogP contribution is -2.41. The molecule has 6 heteroatoms. The van der Waals surface area contributed by atoms with Crippen molar-refractivity contribution >= 4 is 15.7 Å². The Bertz CT molecular complexity index is 360. The largest absolute Gasteiger partial charge is 0.351 e. The van der Waals surface area contributed by atoms with Crippen LogP contribution in [0.15, 0.2) is 0 Å². The van der Waals surface area contributed by atoms with Gasteiger partial charge in [-0.15, -0.1) is 0 Å². The molecule has 2 aliphatic rings. The molecule has 2 saturated heterocycles. The van der Waals surface area contributed by atoms with E-state index in [4.69, 9.17) is 0 Å². The number of likely N-dealkylation sites (tertiary alicyclic amines) is 1. The van der Waals surface area contributed by atoms with E-state index in [1.807, 2.05) is 0 Å². The first-order valence-corrected chi connectivity index (χ1v) is 7.59. The summed E-state index contributed by atoms with van der Waals surface area (Å²) in [5, 5.41) is 2.80. The highest BCUT2D eigenvalue weighted by Gasteiger charge is 2.29. The molecule has 1 atom stereocenters. The van der Waals surface area contributed by atoms with Crippen molar-refractivity contribution in [2.24, 2.45) is 0 Å². The van der Waals surface area contributed by atoms with Crippen LogP contribution in [0.5, 0.6) is 0 Å². The molecule has 2 fully saturated rings.